The fraction of sp³-hybridized carbons (Fsp3) is 0. The molecule has 5 aromatic rings. The lowest BCUT2D eigenvalue weighted by atomic mass is 10.1. The third-order valence-corrected chi connectivity index (χ3v) is 5.57. The summed E-state index contributed by atoms with van der Waals surface area (Å²) < 4.78 is 2.68. The Labute approximate surface area is 144 Å². The number of nitrogens with one attached hydrogen (secondary N) is 1. The summed E-state index contributed by atoms with van der Waals surface area (Å²) in [5.41, 5.74) is 2.24. The third-order valence-electron chi connectivity index (χ3n) is 4.41. The molecule has 0 aliphatic heterocycles. The molecule has 0 spiro atoms. The Hall–Kier alpha value is -2.84. The first-order valence-corrected chi connectivity index (χ1v) is 8.86. The van der Waals surface area contributed by atoms with Gasteiger partial charge in [0, 0.05) is 31.5 Å². The SMILES string of the molecule is c1ccc2cc(Nc3ccc4sc5ccccc5c4c3)ccc2c1. The molecule has 4 aromatic carbocycles. The molecule has 0 amide bonds. The molecule has 5 rings (SSSR count). The molecule has 0 fully saturated rings. The summed E-state index contributed by atoms with van der Waals surface area (Å²) in [5.74, 6) is 0. The molecule has 114 valence electrons. The first-order chi connectivity index (χ1) is 11.9. The second-order valence-corrected chi connectivity index (χ2v) is 7.08. The Morgan fingerprint density at radius 2 is 1.25 bits per heavy atom. The van der Waals surface area contributed by atoms with Crippen molar-refractivity contribution in [1.29, 1.82) is 0 Å². The standard InChI is InChI=1S/C22H15NS/c1-2-6-16-13-17(10-9-15(16)5-1)23-18-11-12-22-20(14-18)19-7-3-4-8-21(19)24-22/h1-14,23H. The fourth-order valence-corrected chi connectivity index (χ4v) is 4.32. The van der Waals surface area contributed by atoms with Crippen LogP contribution in [0.3, 0.4) is 0 Å². The van der Waals surface area contributed by atoms with E-state index < -0.39 is 0 Å². The number of hydrogen-bond donors (Lipinski definition) is 1. The summed E-state index contributed by atoms with van der Waals surface area (Å²) in [6, 6.07) is 30.2. The van der Waals surface area contributed by atoms with E-state index in [0.29, 0.717) is 0 Å². The van der Waals surface area contributed by atoms with Gasteiger partial charge in [0.25, 0.3) is 0 Å². The molecule has 0 bridgehead atoms. The van der Waals surface area contributed by atoms with E-state index in [1.807, 2.05) is 11.3 Å². The minimum absolute atomic E-state index is 1.12. The molecule has 1 heterocycles. The average molecular weight is 325 g/mol. The average Bonchev–Trinajstić information content (AvgIpc) is 3.00. The van der Waals surface area contributed by atoms with E-state index in [4.69, 9.17) is 0 Å². The minimum atomic E-state index is 1.12. The van der Waals surface area contributed by atoms with Crippen molar-refractivity contribution in [2.75, 3.05) is 5.32 Å². The van der Waals surface area contributed by atoms with Crippen LogP contribution in [0, 0.1) is 0 Å². The van der Waals surface area contributed by atoms with Gasteiger partial charge in [-0.3, -0.25) is 0 Å². The largest absolute Gasteiger partial charge is 0.355 e. The number of thiophene rings is 1. The maximum absolute atomic E-state index is 3.55. The van der Waals surface area contributed by atoms with Crippen LogP contribution in [-0.2, 0) is 0 Å². The normalized spacial score (nSPS) is 11.3. The molecule has 1 N–H and O–H groups in total. The van der Waals surface area contributed by atoms with Crippen LogP contribution in [0.15, 0.2) is 84.9 Å². The highest BCUT2D eigenvalue weighted by molar-refractivity contribution is 7.25. The third kappa shape index (κ3) is 2.24. The zero-order valence-electron chi connectivity index (χ0n) is 13.0. The quantitative estimate of drug-likeness (QED) is 0.370. The highest BCUT2D eigenvalue weighted by atomic mass is 32.1. The Bertz CT molecular complexity index is 1190. The van der Waals surface area contributed by atoms with E-state index in [9.17, 15) is 0 Å². The summed E-state index contributed by atoms with van der Waals surface area (Å²) in [6.07, 6.45) is 0. The molecule has 0 atom stereocenters. The Morgan fingerprint density at radius 3 is 2.21 bits per heavy atom. The second kappa shape index (κ2) is 5.36. The van der Waals surface area contributed by atoms with Crippen molar-refractivity contribution < 1.29 is 0 Å². The molecule has 0 aliphatic rings. The van der Waals surface area contributed by atoms with E-state index in [0.717, 1.165) is 11.4 Å². The van der Waals surface area contributed by atoms with Gasteiger partial charge in [0.2, 0.25) is 0 Å². The second-order valence-electron chi connectivity index (χ2n) is 6.00. The van der Waals surface area contributed by atoms with E-state index in [1.54, 1.807) is 0 Å². The van der Waals surface area contributed by atoms with Crippen molar-refractivity contribution >= 4 is 53.7 Å². The topological polar surface area (TPSA) is 12.0 Å². The van der Waals surface area contributed by atoms with Gasteiger partial charge < -0.3 is 5.32 Å². The van der Waals surface area contributed by atoms with Gasteiger partial charge in [0.15, 0.2) is 0 Å². The molecule has 0 saturated carbocycles. The van der Waals surface area contributed by atoms with Crippen molar-refractivity contribution in [3.8, 4) is 0 Å². The van der Waals surface area contributed by atoms with Crippen LogP contribution in [0.4, 0.5) is 11.4 Å². The first kappa shape index (κ1) is 13.6. The molecular weight excluding hydrogens is 310 g/mol. The lowest BCUT2D eigenvalue weighted by Gasteiger charge is -2.08. The fourth-order valence-electron chi connectivity index (χ4n) is 3.24. The Morgan fingerprint density at radius 1 is 0.542 bits per heavy atom. The number of anilines is 2. The van der Waals surface area contributed by atoms with Crippen LogP contribution in [0.1, 0.15) is 0 Å². The number of benzene rings is 4. The minimum Gasteiger partial charge on any atom is -0.355 e. The summed E-state index contributed by atoms with van der Waals surface area (Å²) in [5, 5.41) is 8.72. The van der Waals surface area contributed by atoms with Gasteiger partial charge in [-0.2, -0.15) is 0 Å². The molecule has 2 heteroatoms. The Balaban J connectivity index is 1.59. The van der Waals surface area contributed by atoms with Crippen molar-refractivity contribution in [1.82, 2.24) is 0 Å². The van der Waals surface area contributed by atoms with Gasteiger partial charge in [-0.05, 0) is 47.2 Å². The highest BCUT2D eigenvalue weighted by Crippen LogP contribution is 2.35. The molecular formula is C22H15NS. The zero-order valence-corrected chi connectivity index (χ0v) is 13.8. The van der Waals surface area contributed by atoms with Crippen molar-refractivity contribution in [2.24, 2.45) is 0 Å². The Kier molecular flexibility index (Phi) is 3.03. The molecule has 0 aliphatic carbocycles. The molecule has 0 radical (unpaired) electrons. The lowest BCUT2D eigenvalue weighted by molar-refractivity contribution is 1.60. The van der Waals surface area contributed by atoms with Gasteiger partial charge >= 0.3 is 0 Å². The van der Waals surface area contributed by atoms with Crippen molar-refractivity contribution in [3.63, 3.8) is 0 Å². The lowest BCUT2D eigenvalue weighted by Crippen LogP contribution is -1.89. The summed E-state index contributed by atoms with van der Waals surface area (Å²) in [7, 11) is 0. The van der Waals surface area contributed by atoms with Crippen LogP contribution in [0.2, 0.25) is 0 Å². The highest BCUT2D eigenvalue weighted by Gasteiger charge is 2.05. The zero-order chi connectivity index (χ0) is 15.9. The van der Waals surface area contributed by atoms with E-state index >= 15 is 0 Å². The van der Waals surface area contributed by atoms with E-state index in [-0.39, 0.29) is 0 Å². The summed E-state index contributed by atoms with van der Waals surface area (Å²) in [4.78, 5) is 0. The van der Waals surface area contributed by atoms with E-state index in [2.05, 4.69) is 90.2 Å². The van der Waals surface area contributed by atoms with Crippen LogP contribution in [0.25, 0.3) is 30.9 Å². The molecule has 24 heavy (non-hydrogen) atoms. The number of rotatable bonds is 2. The number of fused-ring (bicyclic) bond motifs is 4. The van der Waals surface area contributed by atoms with Gasteiger partial charge in [0.1, 0.15) is 0 Å². The van der Waals surface area contributed by atoms with Crippen LogP contribution in [-0.4, -0.2) is 0 Å². The van der Waals surface area contributed by atoms with Crippen molar-refractivity contribution in [3.05, 3.63) is 84.9 Å². The van der Waals surface area contributed by atoms with Gasteiger partial charge in [-0.25, -0.2) is 0 Å². The van der Waals surface area contributed by atoms with Crippen LogP contribution < -0.4 is 5.32 Å². The summed E-state index contributed by atoms with van der Waals surface area (Å²) in [6.45, 7) is 0. The molecule has 0 saturated heterocycles. The first-order valence-electron chi connectivity index (χ1n) is 8.04. The van der Waals surface area contributed by atoms with Gasteiger partial charge in [-0.1, -0.05) is 48.5 Å². The van der Waals surface area contributed by atoms with Crippen LogP contribution >= 0.6 is 11.3 Å². The van der Waals surface area contributed by atoms with Gasteiger partial charge in [0.05, 0.1) is 0 Å². The maximum atomic E-state index is 3.55. The summed E-state index contributed by atoms with van der Waals surface area (Å²) >= 11 is 1.85. The van der Waals surface area contributed by atoms with Crippen LogP contribution in [0.5, 0.6) is 0 Å². The molecule has 1 aromatic heterocycles. The smallest absolute Gasteiger partial charge is 0.0391 e. The molecule has 1 nitrogen and oxygen atoms in total. The predicted molar refractivity (Wildman–Crippen MR) is 107 cm³/mol. The monoisotopic (exact) mass is 325 g/mol. The maximum Gasteiger partial charge on any atom is 0.0391 e. The number of hydrogen-bond acceptors (Lipinski definition) is 2. The predicted octanol–water partition coefficient (Wildman–Crippen LogP) is 6.95. The van der Waals surface area contributed by atoms with Crippen molar-refractivity contribution in [2.45, 2.75) is 0 Å². The molecule has 0 unspecified atom stereocenters. The van der Waals surface area contributed by atoms with Gasteiger partial charge in [-0.15, -0.1) is 11.3 Å². The van der Waals surface area contributed by atoms with E-state index in [1.165, 1.54) is 30.9 Å².